The van der Waals surface area contributed by atoms with Gasteiger partial charge in [-0.2, -0.15) is 0 Å². The highest BCUT2D eigenvalue weighted by atomic mass is 32.1. The fourth-order valence-corrected chi connectivity index (χ4v) is 3.27. The molecule has 0 aliphatic rings. The van der Waals surface area contributed by atoms with Gasteiger partial charge in [0.2, 0.25) is 5.91 Å². The Morgan fingerprint density at radius 2 is 1.86 bits per heavy atom. The molecule has 0 fully saturated rings. The molecule has 0 atom stereocenters. The van der Waals surface area contributed by atoms with Crippen molar-refractivity contribution in [3.63, 3.8) is 0 Å². The predicted molar refractivity (Wildman–Crippen MR) is 107 cm³/mol. The predicted octanol–water partition coefficient (Wildman–Crippen LogP) is 4.72. The van der Waals surface area contributed by atoms with Gasteiger partial charge in [-0.15, -0.1) is 11.3 Å². The Morgan fingerprint density at radius 3 is 2.57 bits per heavy atom. The number of amides is 1. The Bertz CT molecular complexity index is 1000. The molecule has 1 amide bonds. The van der Waals surface area contributed by atoms with E-state index >= 15 is 0 Å². The van der Waals surface area contributed by atoms with E-state index in [0.29, 0.717) is 10.8 Å². The van der Waals surface area contributed by atoms with Crippen LogP contribution in [0.15, 0.2) is 66.1 Å². The summed E-state index contributed by atoms with van der Waals surface area (Å²) in [6, 6.07) is 15.3. The highest BCUT2D eigenvalue weighted by Crippen LogP contribution is 2.30. The van der Waals surface area contributed by atoms with E-state index in [4.69, 9.17) is 4.74 Å². The molecule has 28 heavy (non-hydrogen) atoms. The number of hydrogen-bond donors (Lipinski definition) is 0. The highest BCUT2D eigenvalue weighted by Gasteiger charge is 2.20. The van der Waals surface area contributed by atoms with E-state index < -0.39 is 11.8 Å². The molecule has 2 aromatic carbocycles. The van der Waals surface area contributed by atoms with Crippen molar-refractivity contribution in [2.45, 2.75) is 13.5 Å². The van der Waals surface area contributed by atoms with Gasteiger partial charge in [0.1, 0.15) is 12.4 Å². The molecule has 5 nitrogen and oxygen atoms in total. The second kappa shape index (κ2) is 9.05. The molecular formula is C21H17FN2O3S. The molecule has 3 rings (SSSR count). The van der Waals surface area contributed by atoms with Gasteiger partial charge in [0.05, 0.1) is 11.4 Å². The largest absolute Gasteiger partial charge is 0.458 e. The number of ether oxygens (including phenoxy) is 1. The van der Waals surface area contributed by atoms with Crippen LogP contribution in [0, 0.1) is 5.82 Å². The van der Waals surface area contributed by atoms with Gasteiger partial charge in [-0.1, -0.05) is 42.5 Å². The van der Waals surface area contributed by atoms with E-state index in [-0.39, 0.29) is 18.2 Å². The fraction of sp³-hybridized carbons (Fsp3) is 0.0952. The first kappa shape index (κ1) is 19.4. The standard InChI is InChI=1S/C21H17FN2O3S/c1-15(25)24(19-10-6-5-9-18(19)22)21-23-17(14-28-21)11-12-20(26)27-13-16-7-3-2-4-8-16/h2-12,14H,13H2,1H3/b12-11+. The van der Waals surface area contributed by atoms with Crippen LogP contribution in [0.25, 0.3) is 6.08 Å². The summed E-state index contributed by atoms with van der Waals surface area (Å²) in [6.07, 6.45) is 2.76. The summed E-state index contributed by atoms with van der Waals surface area (Å²) in [7, 11) is 0. The van der Waals surface area contributed by atoms with Crippen molar-refractivity contribution in [2.24, 2.45) is 0 Å². The van der Waals surface area contributed by atoms with Crippen molar-refractivity contribution in [3.05, 3.63) is 83.1 Å². The maximum Gasteiger partial charge on any atom is 0.331 e. The second-order valence-electron chi connectivity index (χ2n) is 5.79. The van der Waals surface area contributed by atoms with Crippen molar-refractivity contribution in [1.82, 2.24) is 4.98 Å². The average Bonchev–Trinajstić information content (AvgIpc) is 3.15. The molecule has 0 saturated carbocycles. The maximum atomic E-state index is 14.1. The summed E-state index contributed by atoms with van der Waals surface area (Å²) in [4.78, 5) is 29.4. The van der Waals surface area contributed by atoms with Crippen LogP contribution in [-0.2, 0) is 20.9 Å². The quantitative estimate of drug-likeness (QED) is 0.447. The van der Waals surface area contributed by atoms with Crippen LogP contribution < -0.4 is 4.90 Å². The Kier molecular flexibility index (Phi) is 6.29. The lowest BCUT2D eigenvalue weighted by Gasteiger charge is -2.18. The number of benzene rings is 2. The summed E-state index contributed by atoms with van der Waals surface area (Å²) >= 11 is 1.18. The number of halogens is 1. The van der Waals surface area contributed by atoms with Crippen molar-refractivity contribution in [1.29, 1.82) is 0 Å². The molecule has 0 radical (unpaired) electrons. The molecule has 1 heterocycles. The number of para-hydroxylation sites is 1. The summed E-state index contributed by atoms with van der Waals surface area (Å²) in [5.41, 5.74) is 1.49. The zero-order valence-corrected chi connectivity index (χ0v) is 15.9. The maximum absolute atomic E-state index is 14.1. The Morgan fingerprint density at radius 1 is 1.14 bits per heavy atom. The van der Waals surface area contributed by atoms with Crippen molar-refractivity contribution < 1.29 is 18.7 Å². The molecule has 7 heteroatoms. The van der Waals surface area contributed by atoms with E-state index in [9.17, 15) is 14.0 Å². The number of rotatable bonds is 6. The summed E-state index contributed by atoms with van der Waals surface area (Å²) in [5, 5.41) is 1.99. The molecule has 0 aliphatic heterocycles. The number of carbonyl (C=O) groups is 2. The molecule has 0 saturated heterocycles. The Hall–Kier alpha value is -3.32. The molecular weight excluding hydrogens is 379 g/mol. The van der Waals surface area contributed by atoms with Gasteiger partial charge in [-0.3, -0.25) is 9.69 Å². The number of esters is 1. The zero-order valence-electron chi connectivity index (χ0n) is 15.0. The van der Waals surface area contributed by atoms with Crippen LogP contribution in [0.3, 0.4) is 0 Å². The van der Waals surface area contributed by atoms with Crippen LogP contribution in [0.2, 0.25) is 0 Å². The molecule has 0 aliphatic carbocycles. The third kappa shape index (κ3) is 4.89. The van der Waals surface area contributed by atoms with Gasteiger partial charge < -0.3 is 4.74 Å². The van der Waals surface area contributed by atoms with Crippen LogP contribution in [0.1, 0.15) is 18.2 Å². The van der Waals surface area contributed by atoms with Gasteiger partial charge >= 0.3 is 5.97 Å². The summed E-state index contributed by atoms with van der Waals surface area (Å²) in [6.45, 7) is 1.52. The van der Waals surface area contributed by atoms with E-state index in [0.717, 1.165) is 5.56 Å². The number of anilines is 2. The van der Waals surface area contributed by atoms with Crippen molar-refractivity contribution in [3.8, 4) is 0 Å². The minimum Gasteiger partial charge on any atom is -0.458 e. The summed E-state index contributed by atoms with van der Waals surface area (Å²) < 4.78 is 19.2. The number of carbonyl (C=O) groups excluding carboxylic acids is 2. The number of thiazole rings is 1. The van der Waals surface area contributed by atoms with Gasteiger partial charge in [0.25, 0.3) is 0 Å². The van der Waals surface area contributed by atoms with Gasteiger partial charge in [-0.05, 0) is 23.8 Å². The molecule has 142 valence electrons. The normalized spacial score (nSPS) is 10.8. The van der Waals surface area contributed by atoms with E-state index in [1.807, 2.05) is 30.3 Å². The Balaban J connectivity index is 1.68. The van der Waals surface area contributed by atoms with Gasteiger partial charge in [0, 0.05) is 18.4 Å². The monoisotopic (exact) mass is 396 g/mol. The first-order valence-electron chi connectivity index (χ1n) is 8.44. The molecule has 0 bridgehead atoms. The molecule has 0 N–H and O–H groups in total. The van der Waals surface area contributed by atoms with Crippen LogP contribution in [0.5, 0.6) is 0 Å². The Labute approximate surface area is 165 Å². The molecule has 3 aromatic rings. The minimum atomic E-state index is -0.519. The van der Waals surface area contributed by atoms with E-state index in [1.165, 1.54) is 47.4 Å². The summed E-state index contributed by atoms with van der Waals surface area (Å²) in [5.74, 6) is -1.39. The third-order valence-corrected chi connectivity index (χ3v) is 4.57. The third-order valence-electron chi connectivity index (χ3n) is 3.72. The minimum absolute atomic E-state index is 0.127. The van der Waals surface area contributed by atoms with E-state index in [1.54, 1.807) is 17.5 Å². The number of aromatic nitrogens is 1. The fourth-order valence-electron chi connectivity index (χ4n) is 2.43. The topological polar surface area (TPSA) is 59.5 Å². The second-order valence-corrected chi connectivity index (χ2v) is 6.62. The van der Waals surface area contributed by atoms with Gasteiger partial charge in [-0.25, -0.2) is 14.2 Å². The van der Waals surface area contributed by atoms with Gasteiger partial charge in [0.15, 0.2) is 5.13 Å². The smallest absolute Gasteiger partial charge is 0.331 e. The van der Waals surface area contributed by atoms with Crippen LogP contribution in [-0.4, -0.2) is 16.9 Å². The first-order chi connectivity index (χ1) is 13.5. The first-order valence-corrected chi connectivity index (χ1v) is 9.32. The number of nitrogens with zero attached hydrogens (tertiary/aromatic N) is 2. The lowest BCUT2D eigenvalue weighted by atomic mass is 10.2. The average molecular weight is 396 g/mol. The van der Waals surface area contributed by atoms with Crippen LogP contribution >= 0.6 is 11.3 Å². The van der Waals surface area contributed by atoms with Crippen molar-refractivity contribution >= 4 is 40.1 Å². The zero-order chi connectivity index (χ0) is 19.9. The molecule has 1 aromatic heterocycles. The molecule has 0 spiro atoms. The SMILES string of the molecule is CC(=O)N(c1nc(/C=C/C(=O)OCc2ccccc2)cs1)c1ccccc1F. The number of hydrogen-bond acceptors (Lipinski definition) is 5. The lowest BCUT2D eigenvalue weighted by molar-refractivity contribution is -0.138. The lowest BCUT2D eigenvalue weighted by Crippen LogP contribution is -2.23. The van der Waals surface area contributed by atoms with Crippen molar-refractivity contribution in [2.75, 3.05) is 4.90 Å². The van der Waals surface area contributed by atoms with Crippen LogP contribution in [0.4, 0.5) is 15.2 Å². The van der Waals surface area contributed by atoms with E-state index in [2.05, 4.69) is 4.98 Å². The molecule has 0 unspecified atom stereocenters. The highest BCUT2D eigenvalue weighted by molar-refractivity contribution is 7.14.